The van der Waals surface area contributed by atoms with Gasteiger partial charge in [-0.05, 0) is 11.6 Å². The van der Waals surface area contributed by atoms with Gasteiger partial charge >= 0.3 is 5.97 Å². The summed E-state index contributed by atoms with van der Waals surface area (Å²) in [5, 5.41) is 2.73. The molecule has 0 bridgehead atoms. The van der Waals surface area contributed by atoms with Crippen molar-refractivity contribution in [2.75, 3.05) is 12.4 Å². The Bertz CT molecular complexity index is 651. The molecule has 0 aliphatic heterocycles. The van der Waals surface area contributed by atoms with Gasteiger partial charge in [0.1, 0.15) is 0 Å². The molecule has 6 heteroatoms. The van der Waals surface area contributed by atoms with Crippen molar-refractivity contribution in [3.8, 4) is 0 Å². The molecule has 0 spiro atoms. The molecule has 3 nitrogen and oxygen atoms in total. The van der Waals surface area contributed by atoms with Crippen LogP contribution in [0.5, 0.6) is 0 Å². The van der Waals surface area contributed by atoms with Crippen LogP contribution in [0.4, 0.5) is 18.9 Å². The van der Waals surface area contributed by atoms with Crippen molar-refractivity contribution in [2.45, 2.75) is 6.54 Å². The average Bonchev–Trinajstić information content (AvgIpc) is 2.50. The Kier molecular flexibility index (Phi) is 4.47. The van der Waals surface area contributed by atoms with Crippen LogP contribution in [0.3, 0.4) is 0 Å². The van der Waals surface area contributed by atoms with Crippen molar-refractivity contribution in [3.05, 3.63) is 65.0 Å². The number of hydrogen-bond acceptors (Lipinski definition) is 3. The molecule has 0 saturated heterocycles. The number of benzene rings is 2. The van der Waals surface area contributed by atoms with E-state index < -0.39 is 23.4 Å². The molecule has 0 radical (unpaired) electrons. The molecule has 0 aliphatic rings. The maximum absolute atomic E-state index is 13.1. The van der Waals surface area contributed by atoms with E-state index in [-0.39, 0.29) is 12.2 Å². The highest BCUT2D eigenvalue weighted by Gasteiger charge is 2.13. The van der Waals surface area contributed by atoms with E-state index in [9.17, 15) is 18.0 Å². The van der Waals surface area contributed by atoms with Crippen LogP contribution < -0.4 is 5.32 Å². The number of ether oxygens (including phenoxy) is 1. The summed E-state index contributed by atoms with van der Waals surface area (Å²) in [5.41, 5.74) is 1.01. The molecular weight excluding hydrogens is 283 g/mol. The fourth-order valence-electron chi connectivity index (χ4n) is 1.84. The smallest absolute Gasteiger partial charge is 0.338 e. The van der Waals surface area contributed by atoms with Gasteiger partial charge < -0.3 is 10.1 Å². The third-order valence-electron chi connectivity index (χ3n) is 2.89. The fraction of sp³-hybridized carbons (Fsp3) is 0.133. The molecule has 0 heterocycles. The maximum atomic E-state index is 13.1. The number of carbonyl (C=O) groups excluding carboxylic acids is 1. The Hall–Kier alpha value is -2.50. The van der Waals surface area contributed by atoms with Crippen LogP contribution in [0.25, 0.3) is 0 Å². The summed E-state index contributed by atoms with van der Waals surface area (Å²) in [4.78, 5) is 11.6. The highest BCUT2D eigenvalue weighted by atomic mass is 19.2. The predicted octanol–water partition coefficient (Wildman–Crippen LogP) is 3.50. The van der Waals surface area contributed by atoms with E-state index in [4.69, 9.17) is 0 Å². The predicted molar refractivity (Wildman–Crippen MR) is 71.4 cm³/mol. The average molecular weight is 295 g/mol. The summed E-state index contributed by atoms with van der Waals surface area (Å²) in [6.07, 6.45) is 0. The van der Waals surface area contributed by atoms with Gasteiger partial charge in [0.2, 0.25) is 0 Å². The van der Waals surface area contributed by atoms with Crippen molar-refractivity contribution in [1.29, 1.82) is 0 Å². The molecule has 0 amide bonds. The Labute approximate surface area is 119 Å². The SMILES string of the molecule is COC(=O)c1ccccc1CNc1cc(F)c(F)c(F)c1. The van der Waals surface area contributed by atoms with Crippen LogP contribution in [0, 0.1) is 17.5 Å². The molecule has 0 saturated carbocycles. The first-order chi connectivity index (χ1) is 10.0. The van der Waals surface area contributed by atoms with E-state index in [0.29, 0.717) is 11.1 Å². The fourth-order valence-corrected chi connectivity index (χ4v) is 1.84. The molecule has 0 aromatic heterocycles. The number of rotatable bonds is 4. The van der Waals surface area contributed by atoms with Crippen LogP contribution in [-0.2, 0) is 11.3 Å². The molecule has 110 valence electrons. The highest BCUT2D eigenvalue weighted by molar-refractivity contribution is 5.91. The van der Waals surface area contributed by atoms with Gasteiger partial charge in [-0.3, -0.25) is 0 Å². The molecule has 0 fully saturated rings. The minimum atomic E-state index is -1.52. The van der Waals surface area contributed by atoms with Crippen LogP contribution in [0.1, 0.15) is 15.9 Å². The zero-order valence-electron chi connectivity index (χ0n) is 11.1. The number of anilines is 1. The van der Waals surface area contributed by atoms with Crippen LogP contribution in [-0.4, -0.2) is 13.1 Å². The van der Waals surface area contributed by atoms with Gasteiger partial charge in [-0.25, -0.2) is 18.0 Å². The van der Waals surface area contributed by atoms with Gasteiger partial charge in [-0.15, -0.1) is 0 Å². The summed E-state index contributed by atoms with van der Waals surface area (Å²) < 4.78 is 43.7. The molecule has 0 unspecified atom stereocenters. The normalized spacial score (nSPS) is 10.3. The van der Waals surface area contributed by atoms with Crippen molar-refractivity contribution in [3.63, 3.8) is 0 Å². The summed E-state index contributed by atoms with van der Waals surface area (Å²) in [6, 6.07) is 8.34. The lowest BCUT2D eigenvalue weighted by atomic mass is 10.1. The topological polar surface area (TPSA) is 38.3 Å². The van der Waals surface area contributed by atoms with E-state index in [1.165, 1.54) is 7.11 Å². The van der Waals surface area contributed by atoms with Gasteiger partial charge in [-0.1, -0.05) is 18.2 Å². The summed E-state index contributed by atoms with van der Waals surface area (Å²) in [5.74, 6) is -4.59. The van der Waals surface area contributed by atoms with Gasteiger partial charge in [-0.2, -0.15) is 0 Å². The minimum absolute atomic E-state index is 0.0751. The monoisotopic (exact) mass is 295 g/mol. The third-order valence-corrected chi connectivity index (χ3v) is 2.89. The molecule has 2 aromatic rings. The summed E-state index contributed by atoms with van der Waals surface area (Å²) in [6.45, 7) is 0.135. The summed E-state index contributed by atoms with van der Waals surface area (Å²) in [7, 11) is 1.26. The quantitative estimate of drug-likeness (QED) is 0.693. The molecule has 2 rings (SSSR count). The number of carbonyl (C=O) groups is 1. The van der Waals surface area contributed by atoms with Gasteiger partial charge in [0, 0.05) is 24.4 Å². The lowest BCUT2D eigenvalue weighted by Gasteiger charge is -2.10. The number of esters is 1. The van der Waals surface area contributed by atoms with Crippen LogP contribution in [0.2, 0.25) is 0 Å². The Morgan fingerprint density at radius 2 is 1.76 bits per heavy atom. The van der Waals surface area contributed by atoms with Crippen molar-refractivity contribution in [2.24, 2.45) is 0 Å². The second-order valence-corrected chi connectivity index (χ2v) is 4.26. The number of hydrogen-bond donors (Lipinski definition) is 1. The second-order valence-electron chi connectivity index (χ2n) is 4.26. The maximum Gasteiger partial charge on any atom is 0.338 e. The Morgan fingerprint density at radius 1 is 1.14 bits per heavy atom. The van der Waals surface area contributed by atoms with E-state index in [2.05, 4.69) is 10.1 Å². The highest BCUT2D eigenvalue weighted by Crippen LogP contribution is 2.19. The van der Waals surface area contributed by atoms with Crippen molar-refractivity contribution >= 4 is 11.7 Å². The van der Waals surface area contributed by atoms with Crippen molar-refractivity contribution < 1.29 is 22.7 Å². The minimum Gasteiger partial charge on any atom is -0.465 e. The zero-order chi connectivity index (χ0) is 15.4. The largest absolute Gasteiger partial charge is 0.465 e. The first-order valence-corrected chi connectivity index (χ1v) is 6.07. The number of methoxy groups -OCH3 is 1. The zero-order valence-corrected chi connectivity index (χ0v) is 11.1. The molecular formula is C15H12F3NO2. The van der Waals surface area contributed by atoms with Crippen LogP contribution >= 0.6 is 0 Å². The lowest BCUT2D eigenvalue weighted by Crippen LogP contribution is -2.09. The van der Waals surface area contributed by atoms with E-state index in [1.54, 1.807) is 24.3 Å². The lowest BCUT2D eigenvalue weighted by molar-refractivity contribution is 0.0599. The number of nitrogens with one attached hydrogen (secondary N) is 1. The van der Waals surface area contributed by atoms with Gasteiger partial charge in [0.05, 0.1) is 12.7 Å². The standard InChI is InChI=1S/C15H12F3NO2/c1-21-15(20)11-5-3-2-4-9(11)8-19-10-6-12(16)14(18)13(17)7-10/h2-7,19H,8H2,1H3. The second kappa shape index (κ2) is 6.30. The Morgan fingerprint density at radius 3 is 2.38 bits per heavy atom. The molecule has 0 aliphatic carbocycles. The third kappa shape index (κ3) is 3.34. The Balaban J connectivity index is 2.19. The van der Waals surface area contributed by atoms with E-state index in [1.807, 2.05) is 0 Å². The van der Waals surface area contributed by atoms with E-state index in [0.717, 1.165) is 12.1 Å². The molecule has 0 atom stereocenters. The first-order valence-electron chi connectivity index (χ1n) is 6.07. The van der Waals surface area contributed by atoms with Crippen molar-refractivity contribution in [1.82, 2.24) is 0 Å². The first kappa shape index (κ1) is 14.9. The molecule has 2 aromatic carbocycles. The van der Waals surface area contributed by atoms with E-state index >= 15 is 0 Å². The molecule has 21 heavy (non-hydrogen) atoms. The van der Waals surface area contributed by atoms with Crippen LogP contribution in [0.15, 0.2) is 36.4 Å². The molecule has 1 N–H and O–H groups in total. The number of halogens is 3. The van der Waals surface area contributed by atoms with Gasteiger partial charge in [0.15, 0.2) is 17.5 Å². The van der Waals surface area contributed by atoms with Gasteiger partial charge in [0.25, 0.3) is 0 Å². The summed E-state index contributed by atoms with van der Waals surface area (Å²) >= 11 is 0.